The topological polar surface area (TPSA) is 54.2 Å². The minimum atomic E-state index is 0.231. The number of nitrogens with one attached hydrogen (secondary N) is 1. The van der Waals surface area contributed by atoms with Gasteiger partial charge < -0.3 is 9.73 Å². The second-order valence-electron chi connectivity index (χ2n) is 6.25. The molecule has 1 aliphatic rings. The van der Waals surface area contributed by atoms with Gasteiger partial charge in [-0.05, 0) is 50.2 Å². The maximum Gasteiger partial charge on any atom is 0.137 e. The number of piperidine rings is 1. The Hall–Kier alpha value is -2.40. The van der Waals surface area contributed by atoms with Crippen LogP contribution in [0.15, 0.2) is 53.4 Å². The molecule has 124 valence electrons. The summed E-state index contributed by atoms with van der Waals surface area (Å²) in [4.78, 5) is 11.3. The van der Waals surface area contributed by atoms with E-state index in [0.29, 0.717) is 0 Å². The third-order valence-electron chi connectivity index (χ3n) is 4.71. The van der Waals surface area contributed by atoms with Crippen molar-refractivity contribution in [2.45, 2.75) is 25.3 Å². The summed E-state index contributed by atoms with van der Waals surface area (Å²) in [6.45, 7) is 3.02. The van der Waals surface area contributed by atoms with Crippen LogP contribution in [-0.4, -0.2) is 34.5 Å². The average Bonchev–Trinajstić information content (AvgIpc) is 3.17. The molecule has 1 unspecified atom stereocenters. The van der Waals surface area contributed by atoms with Crippen molar-refractivity contribution in [1.29, 1.82) is 0 Å². The summed E-state index contributed by atoms with van der Waals surface area (Å²) in [5.74, 6) is 1.90. The van der Waals surface area contributed by atoms with Crippen molar-refractivity contribution >= 4 is 16.7 Å². The van der Waals surface area contributed by atoms with Crippen LogP contribution in [0.4, 0.5) is 5.82 Å². The Kier molecular flexibility index (Phi) is 4.42. The zero-order valence-electron chi connectivity index (χ0n) is 13.7. The molecule has 1 aromatic carbocycles. The molecule has 24 heavy (non-hydrogen) atoms. The predicted octanol–water partition coefficient (Wildman–Crippen LogP) is 3.86. The standard InChI is InChI=1S/C19H22N4O/c1-4-10-23(11-5-1)17(18-9-6-12-24-18)13-20-19-15-7-2-3-8-16(15)21-14-22-19/h2-3,6-9,12,14,17H,1,4-5,10-11,13H2,(H,20,21,22). The molecule has 5 heteroatoms. The molecular formula is C19H22N4O. The summed E-state index contributed by atoms with van der Waals surface area (Å²) < 4.78 is 5.71. The average molecular weight is 322 g/mol. The second kappa shape index (κ2) is 7.01. The first kappa shape index (κ1) is 15.1. The van der Waals surface area contributed by atoms with E-state index >= 15 is 0 Å². The first-order valence-electron chi connectivity index (χ1n) is 8.63. The highest BCUT2D eigenvalue weighted by atomic mass is 16.3. The fraction of sp³-hybridized carbons (Fsp3) is 0.368. The maximum atomic E-state index is 5.71. The molecule has 2 aromatic heterocycles. The van der Waals surface area contributed by atoms with Crippen molar-refractivity contribution in [1.82, 2.24) is 14.9 Å². The van der Waals surface area contributed by atoms with Gasteiger partial charge in [0.05, 0.1) is 17.8 Å². The van der Waals surface area contributed by atoms with Crippen molar-refractivity contribution in [2.75, 3.05) is 25.0 Å². The van der Waals surface area contributed by atoms with E-state index < -0.39 is 0 Å². The SMILES string of the molecule is c1coc(C(CNc2ncnc3ccccc23)N2CCCCC2)c1. The largest absolute Gasteiger partial charge is 0.468 e. The van der Waals surface area contributed by atoms with Gasteiger partial charge in [-0.1, -0.05) is 18.6 Å². The highest BCUT2D eigenvalue weighted by molar-refractivity contribution is 5.88. The Morgan fingerprint density at radius 2 is 1.92 bits per heavy atom. The van der Waals surface area contributed by atoms with Crippen molar-refractivity contribution in [3.63, 3.8) is 0 Å². The molecule has 0 radical (unpaired) electrons. The van der Waals surface area contributed by atoms with E-state index in [1.165, 1.54) is 19.3 Å². The van der Waals surface area contributed by atoms with Gasteiger partial charge in [-0.25, -0.2) is 9.97 Å². The van der Waals surface area contributed by atoms with Gasteiger partial charge in [0, 0.05) is 11.9 Å². The Morgan fingerprint density at radius 3 is 2.75 bits per heavy atom. The molecule has 0 aliphatic carbocycles. The number of para-hydroxylation sites is 1. The molecule has 1 N–H and O–H groups in total. The Bertz CT molecular complexity index is 776. The summed E-state index contributed by atoms with van der Waals surface area (Å²) >= 11 is 0. The molecule has 0 bridgehead atoms. The van der Waals surface area contributed by atoms with Gasteiger partial charge in [0.15, 0.2) is 0 Å². The minimum absolute atomic E-state index is 0.231. The molecule has 3 aromatic rings. The van der Waals surface area contributed by atoms with Gasteiger partial charge in [-0.2, -0.15) is 0 Å². The number of nitrogens with zero attached hydrogens (tertiary/aromatic N) is 3. The molecular weight excluding hydrogens is 300 g/mol. The Balaban J connectivity index is 1.56. The van der Waals surface area contributed by atoms with Crippen LogP contribution in [0.25, 0.3) is 10.9 Å². The number of fused-ring (bicyclic) bond motifs is 1. The number of rotatable bonds is 5. The van der Waals surface area contributed by atoms with E-state index in [4.69, 9.17) is 4.42 Å². The molecule has 0 amide bonds. The quantitative estimate of drug-likeness (QED) is 0.773. The number of benzene rings is 1. The summed E-state index contributed by atoms with van der Waals surface area (Å²) in [5.41, 5.74) is 0.961. The third-order valence-corrected chi connectivity index (χ3v) is 4.71. The molecule has 1 saturated heterocycles. The lowest BCUT2D eigenvalue weighted by molar-refractivity contribution is 0.153. The zero-order valence-corrected chi connectivity index (χ0v) is 13.7. The second-order valence-corrected chi connectivity index (χ2v) is 6.25. The summed E-state index contributed by atoms with van der Waals surface area (Å²) in [7, 11) is 0. The fourth-order valence-electron chi connectivity index (χ4n) is 3.46. The zero-order chi connectivity index (χ0) is 16.2. The molecule has 0 spiro atoms. The molecule has 0 saturated carbocycles. The summed E-state index contributed by atoms with van der Waals surface area (Å²) in [6, 6.07) is 12.3. The van der Waals surface area contributed by atoms with Gasteiger partial charge in [-0.3, -0.25) is 4.90 Å². The number of aromatic nitrogens is 2. The lowest BCUT2D eigenvalue weighted by Gasteiger charge is -2.33. The number of anilines is 1. The summed E-state index contributed by atoms with van der Waals surface area (Å²) in [5, 5.41) is 4.57. The van der Waals surface area contributed by atoms with E-state index in [1.807, 2.05) is 24.3 Å². The van der Waals surface area contributed by atoms with Gasteiger partial charge in [-0.15, -0.1) is 0 Å². The van der Waals surface area contributed by atoms with Crippen LogP contribution in [-0.2, 0) is 0 Å². The van der Waals surface area contributed by atoms with E-state index in [9.17, 15) is 0 Å². The summed E-state index contributed by atoms with van der Waals surface area (Å²) in [6.07, 6.45) is 7.21. The first-order chi connectivity index (χ1) is 11.9. The normalized spacial score (nSPS) is 17.0. The fourth-order valence-corrected chi connectivity index (χ4v) is 3.46. The van der Waals surface area contributed by atoms with Crippen molar-refractivity contribution < 1.29 is 4.42 Å². The third kappa shape index (κ3) is 3.12. The minimum Gasteiger partial charge on any atom is -0.468 e. The maximum absolute atomic E-state index is 5.71. The van der Waals surface area contributed by atoms with E-state index in [2.05, 4.69) is 32.3 Å². The molecule has 1 fully saturated rings. The smallest absolute Gasteiger partial charge is 0.137 e. The van der Waals surface area contributed by atoms with Crippen LogP contribution in [0.3, 0.4) is 0 Å². The Morgan fingerprint density at radius 1 is 1.04 bits per heavy atom. The van der Waals surface area contributed by atoms with E-state index in [1.54, 1.807) is 12.6 Å². The van der Waals surface area contributed by atoms with Gasteiger partial charge in [0.1, 0.15) is 17.9 Å². The number of furan rings is 1. The highest BCUT2D eigenvalue weighted by Gasteiger charge is 2.24. The van der Waals surface area contributed by atoms with Crippen LogP contribution in [0, 0.1) is 0 Å². The number of likely N-dealkylation sites (tertiary alicyclic amines) is 1. The molecule has 1 atom stereocenters. The predicted molar refractivity (Wildman–Crippen MR) is 94.9 cm³/mol. The first-order valence-corrected chi connectivity index (χ1v) is 8.63. The van der Waals surface area contributed by atoms with Crippen molar-refractivity contribution in [3.8, 4) is 0 Å². The number of hydrogen-bond donors (Lipinski definition) is 1. The van der Waals surface area contributed by atoms with Crippen molar-refractivity contribution in [3.05, 3.63) is 54.7 Å². The lowest BCUT2D eigenvalue weighted by atomic mass is 10.1. The van der Waals surface area contributed by atoms with E-state index in [-0.39, 0.29) is 6.04 Å². The van der Waals surface area contributed by atoms with Gasteiger partial charge in [0.25, 0.3) is 0 Å². The molecule has 4 rings (SSSR count). The Labute approximate surface area is 141 Å². The molecule has 1 aliphatic heterocycles. The monoisotopic (exact) mass is 322 g/mol. The van der Waals surface area contributed by atoms with Crippen LogP contribution in [0.5, 0.6) is 0 Å². The highest BCUT2D eigenvalue weighted by Crippen LogP contribution is 2.26. The lowest BCUT2D eigenvalue weighted by Crippen LogP contribution is -2.37. The van der Waals surface area contributed by atoms with Crippen LogP contribution >= 0.6 is 0 Å². The molecule has 5 nitrogen and oxygen atoms in total. The van der Waals surface area contributed by atoms with Gasteiger partial charge >= 0.3 is 0 Å². The van der Waals surface area contributed by atoms with Gasteiger partial charge in [0.2, 0.25) is 0 Å². The number of hydrogen-bond acceptors (Lipinski definition) is 5. The van der Waals surface area contributed by atoms with E-state index in [0.717, 1.165) is 42.1 Å². The van der Waals surface area contributed by atoms with Crippen LogP contribution in [0.1, 0.15) is 31.1 Å². The molecule has 3 heterocycles. The van der Waals surface area contributed by atoms with Crippen LogP contribution < -0.4 is 5.32 Å². The van der Waals surface area contributed by atoms with Crippen molar-refractivity contribution in [2.24, 2.45) is 0 Å². The van der Waals surface area contributed by atoms with Crippen LogP contribution in [0.2, 0.25) is 0 Å².